The van der Waals surface area contributed by atoms with Gasteiger partial charge in [-0.1, -0.05) is 6.92 Å². The van der Waals surface area contributed by atoms with Crippen molar-refractivity contribution >= 4 is 11.8 Å². The molecule has 0 bridgehead atoms. The first kappa shape index (κ1) is 12.0. The Morgan fingerprint density at radius 3 is 2.94 bits per heavy atom. The Morgan fingerprint density at radius 1 is 1.47 bits per heavy atom. The molecular weight excluding hydrogens is 221 g/mol. The molecule has 94 valence electrons. The Morgan fingerprint density at radius 2 is 2.24 bits per heavy atom. The van der Waals surface area contributed by atoms with Crippen molar-refractivity contribution in [3.05, 3.63) is 12.0 Å². The Bertz CT molecular complexity index is 365. The van der Waals surface area contributed by atoms with E-state index in [2.05, 4.69) is 27.5 Å². The molecule has 0 aliphatic carbocycles. The van der Waals surface area contributed by atoms with Crippen molar-refractivity contribution in [3.63, 3.8) is 0 Å². The quantitative estimate of drug-likeness (QED) is 0.815. The van der Waals surface area contributed by atoms with Gasteiger partial charge >= 0.3 is 0 Å². The molecule has 1 aromatic rings. The highest BCUT2D eigenvalue weighted by molar-refractivity contribution is 5.44. The third-order valence-corrected chi connectivity index (χ3v) is 2.68. The number of hydrogen-bond donors (Lipinski definition) is 2. The number of aromatic nitrogens is 2. The van der Waals surface area contributed by atoms with Gasteiger partial charge in [0.05, 0.1) is 6.20 Å². The van der Waals surface area contributed by atoms with Crippen LogP contribution < -0.4 is 15.5 Å². The van der Waals surface area contributed by atoms with Crippen molar-refractivity contribution in [1.29, 1.82) is 0 Å². The number of rotatable bonds is 4. The minimum Gasteiger partial charge on any atom is -0.354 e. The van der Waals surface area contributed by atoms with E-state index in [9.17, 15) is 4.39 Å². The molecule has 0 unspecified atom stereocenters. The third kappa shape index (κ3) is 3.03. The van der Waals surface area contributed by atoms with E-state index in [-0.39, 0.29) is 5.82 Å². The van der Waals surface area contributed by atoms with Gasteiger partial charge in [0.25, 0.3) is 0 Å². The van der Waals surface area contributed by atoms with Crippen LogP contribution in [0.2, 0.25) is 0 Å². The van der Waals surface area contributed by atoms with Crippen LogP contribution >= 0.6 is 0 Å². The molecule has 0 amide bonds. The molecule has 0 aromatic carbocycles. The van der Waals surface area contributed by atoms with Crippen LogP contribution in [0.5, 0.6) is 0 Å². The van der Waals surface area contributed by atoms with Crippen LogP contribution in [0, 0.1) is 5.82 Å². The summed E-state index contributed by atoms with van der Waals surface area (Å²) in [6.07, 6.45) is 2.23. The highest BCUT2D eigenvalue weighted by Gasteiger charge is 2.16. The molecule has 1 fully saturated rings. The van der Waals surface area contributed by atoms with E-state index in [1.54, 1.807) is 0 Å². The molecular formula is C11H18FN5. The van der Waals surface area contributed by atoms with Crippen LogP contribution in [0.1, 0.15) is 13.3 Å². The zero-order valence-electron chi connectivity index (χ0n) is 10.0. The first-order chi connectivity index (χ1) is 8.31. The second kappa shape index (κ2) is 5.77. The molecule has 2 N–H and O–H groups in total. The van der Waals surface area contributed by atoms with Gasteiger partial charge in [-0.25, -0.2) is 9.37 Å². The average molecular weight is 239 g/mol. The maximum Gasteiger partial charge on any atom is 0.224 e. The molecule has 17 heavy (non-hydrogen) atoms. The number of halogens is 1. The summed E-state index contributed by atoms with van der Waals surface area (Å²) in [5.41, 5.74) is 0. The van der Waals surface area contributed by atoms with Gasteiger partial charge < -0.3 is 15.5 Å². The lowest BCUT2D eigenvalue weighted by Gasteiger charge is -2.28. The molecule has 0 saturated carbocycles. The van der Waals surface area contributed by atoms with Crippen molar-refractivity contribution in [2.45, 2.75) is 13.3 Å². The molecule has 0 spiro atoms. The molecule has 0 radical (unpaired) electrons. The first-order valence-electron chi connectivity index (χ1n) is 6.03. The van der Waals surface area contributed by atoms with Gasteiger partial charge in [-0.3, -0.25) is 0 Å². The third-order valence-electron chi connectivity index (χ3n) is 2.68. The van der Waals surface area contributed by atoms with E-state index in [1.807, 2.05) is 4.90 Å². The van der Waals surface area contributed by atoms with Crippen LogP contribution in [0.25, 0.3) is 0 Å². The van der Waals surface area contributed by atoms with Crippen LogP contribution in [-0.2, 0) is 0 Å². The lowest BCUT2D eigenvalue weighted by atomic mass is 10.3. The van der Waals surface area contributed by atoms with Gasteiger partial charge in [0.1, 0.15) is 0 Å². The lowest BCUT2D eigenvalue weighted by molar-refractivity contribution is 0.556. The molecule has 1 aliphatic heterocycles. The van der Waals surface area contributed by atoms with E-state index in [1.165, 1.54) is 6.20 Å². The summed E-state index contributed by atoms with van der Waals surface area (Å²) in [4.78, 5) is 10.1. The van der Waals surface area contributed by atoms with Crippen molar-refractivity contribution < 1.29 is 4.39 Å². The summed E-state index contributed by atoms with van der Waals surface area (Å²) in [5.74, 6) is 0.552. The maximum absolute atomic E-state index is 13.7. The highest BCUT2D eigenvalue weighted by Crippen LogP contribution is 2.17. The normalized spacial score (nSPS) is 16.0. The summed E-state index contributed by atoms with van der Waals surface area (Å²) in [6.45, 7) is 6.14. The van der Waals surface area contributed by atoms with Gasteiger partial charge in [0.2, 0.25) is 5.95 Å². The second-order valence-corrected chi connectivity index (χ2v) is 4.03. The largest absolute Gasteiger partial charge is 0.354 e. The van der Waals surface area contributed by atoms with E-state index < -0.39 is 0 Å². The van der Waals surface area contributed by atoms with Crippen molar-refractivity contribution in [3.8, 4) is 0 Å². The molecule has 1 saturated heterocycles. The predicted octanol–water partition coefficient (Wildman–Crippen LogP) is 0.847. The van der Waals surface area contributed by atoms with Gasteiger partial charge in [-0.05, 0) is 6.42 Å². The second-order valence-electron chi connectivity index (χ2n) is 4.03. The Kier molecular flexibility index (Phi) is 4.08. The molecule has 6 heteroatoms. The summed E-state index contributed by atoms with van der Waals surface area (Å²) in [5, 5.41) is 6.30. The van der Waals surface area contributed by atoms with E-state index in [0.29, 0.717) is 11.8 Å². The van der Waals surface area contributed by atoms with E-state index in [0.717, 1.165) is 39.1 Å². The van der Waals surface area contributed by atoms with Crippen molar-refractivity contribution in [2.24, 2.45) is 0 Å². The zero-order valence-corrected chi connectivity index (χ0v) is 10.0. The van der Waals surface area contributed by atoms with Gasteiger partial charge in [-0.15, -0.1) is 0 Å². The lowest BCUT2D eigenvalue weighted by Crippen LogP contribution is -2.44. The molecule has 1 aliphatic rings. The predicted molar refractivity (Wildman–Crippen MR) is 65.9 cm³/mol. The monoisotopic (exact) mass is 239 g/mol. The fourth-order valence-electron chi connectivity index (χ4n) is 1.78. The number of nitrogens with one attached hydrogen (secondary N) is 2. The van der Waals surface area contributed by atoms with Crippen molar-refractivity contribution in [1.82, 2.24) is 15.3 Å². The zero-order chi connectivity index (χ0) is 12.1. The summed E-state index contributed by atoms with van der Waals surface area (Å²) in [7, 11) is 0. The fraction of sp³-hybridized carbons (Fsp3) is 0.636. The smallest absolute Gasteiger partial charge is 0.224 e. The summed E-state index contributed by atoms with van der Waals surface area (Å²) in [6, 6.07) is 0. The minimum absolute atomic E-state index is 0.353. The number of anilines is 2. The number of piperazine rings is 1. The van der Waals surface area contributed by atoms with Crippen LogP contribution in [-0.4, -0.2) is 42.7 Å². The maximum atomic E-state index is 13.7. The molecule has 1 aromatic heterocycles. The van der Waals surface area contributed by atoms with Gasteiger partial charge in [-0.2, -0.15) is 4.98 Å². The average Bonchev–Trinajstić information content (AvgIpc) is 2.39. The Labute approximate surface area is 100 Å². The number of nitrogens with zero attached hydrogens (tertiary/aromatic N) is 3. The van der Waals surface area contributed by atoms with E-state index in [4.69, 9.17) is 0 Å². The minimum atomic E-state index is -0.353. The first-order valence-corrected chi connectivity index (χ1v) is 6.03. The topological polar surface area (TPSA) is 53.1 Å². The van der Waals surface area contributed by atoms with Gasteiger partial charge in [0, 0.05) is 32.7 Å². The highest BCUT2D eigenvalue weighted by atomic mass is 19.1. The van der Waals surface area contributed by atoms with Crippen LogP contribution in [0.3, 0.4) is 0 Å². The Hall–Kier alpha value is -1.43. The number of hydrogen-bond acceptors (Lipinski definition) is 5. The Balaban J connectivity index is 2.13. The van der Waals surface area contributed by atoms with Crippen LogP contribution in [0.4, 0.5) is 16.2 Å². The SMILES string of the molecule is CCCNc1ncc(F)c(N2CCNCC2)n1. The molecule has 5 nitrogen and oxygen atoms in total. The van der Waals surface area contributed by atoms with E-state index >= 15 is 0 Å². The molecule has 0 atom stereocenters. The standard InChI is InChI=1S/C11H18FN5/c1-2-3-14-11-15-8-9(12)10(16-11)17-6-4-13-5-7-17/h8,13H,2-7H2,1H3,(H,14,15,16). The van der Waals surface area contributed by atoms with Gasteiger partial charge in [0.15, 0.2) is 11.6 Å². The molecule has 2 heterocycles. The molecule has 2 rings (SSSR count). The fourth-order valence-corrected chi connectivity index (χ4v) is 1.78. The summed E-state index contributed by atoms with van der Waals surface area (Å²) < 4.78 is 13.7. The summed E-state index contributed by atoms with van der Waals surface area (Å²) >= 11 is 0. The van der Waals surface area contributed by atoms with Crippen LogP contribution in [0.15, 0.2) is 6.20 Å². The van der Waals surface area contributed by atoms with Crippen molar-refractivity contribution in [2.75, 3.05) is 42.9 Å².